The molecular formula is C19H10BrClN2O4. The minimum absolute atomic E-state index is 0.109. The van der Waals surface area contributed by atoms with Crippen molar-refractivity contribution in [1.82, 2.24) is 5.43 Å². The van der Waals surface area contributed by atoms with E-state index in [1.54, 1.807) is 24.3 Å². The number of hydrogen-bond donors (Lipinski definition) is 1. The van der Waals surface area contributed by atoms with Gasteiger partial charge in [-0.05, 0) is 42.5 Å². The number of hydrogen-bond acceptors (Lipinski definition) is 5. The Labute approximate surface area is 165 Å². The first-order valence-electron chi connectivity index (χ1n) is 7.75. The summed E-state index contributed by atoms with van der Waals surface area (Å²) in [5.41, 5.74) is 3.21. The topological polar surface area (TPSA) is 84.8 Å². The third-order valence-electron chi connectivity index (χ3n) is 3.83. The van der Waals surface area contributed by atoms with Crippen molar-refractivity contribution in [2.24, 2.45) is 5.10 Å². The fraction of sp³-hybridized carbons (Fsp3) is 0. The molecule has 0 bridgehead atoms. The zero-order chi connectivity index (χ0) is 19.0. The highest BCUT2D eigenvalue weighted by atomic mass is 79.9. The molecule has 1 amide bonds. The number of furan rings is 1. The maximum absolute atomic E-state index is 12.4. The molecule has 6 nitrogen and oxygen atoms in total. The van der Waals surface area contributed by atoms with Crippen LogP contribution in [0.2, 0.25) is 5.02 Å². The van der Waals surface area contributed by atoms with Crippen molar-refractivity contribution >= 4 is 61.6 Å². The zero-order valence-corrected chi connectivity index (χ0v) is 15.9. The smallest absolute Gasteiger partial charge is 0.307 e. The molecule has 4 rings (SSSR count). The summed E-state index contributed by atoms with van der Waals surface area (Å²) in [6, 6.07) is 11.8. The number of halogens is 2. The van der Waals surface area contributed by atoms with Gasteiger partial charge in [-0.3, -0.25) is 9.59 Å². The first-order valence-corrected chi connectivity index (χ1v) is 8.92. The molecule has 0 aliphatic rings. The van der Waals surface area contributed by atoms with E-state index in [0.717, 1.165) is 9.86 Å². The molecule has 0 aliphatic heterocycles. The molecule has 4 aromatic rings. The number of rotatable bonds is 3. The maximum Gasteiger partial charge on any atom is 0.307 e. The van der Waals surface area contributed by atoms with Crippen LogP contribution in [0.5, 0.6) is 0 Å². The van der Waals surface area contributed by atoms with E-state index >= 15 is 0 Å². The Morgan fingerprint density at radius 3 is 2.81 bits per heavy atom. The van der Waals surface area contributed by atoms with Gasteiger partial charge in [-0.1, -0.05) is 27.5 Å². The largest absolute Gasteiger partial charge is 0.463 e. The van der Waals surface area contributed by atoms with Crippen molar-refractivity contribution in [3.8, 4) is 0 Å². The van der Waals surface area contributed by atoms with Crippen LogP contribution in [-0.4, -0.2) is 12.1 Å². The van der Waals surface area contributed by atoms with Crippen molar-refractivity contribution in [2.45, 2.75) is 0 Å². The number of hydrazone groups is 1. The number of carbonyl (C=O) groups excluding carboxylic acids is 1. The Balaban J connectivity index is 1.56. The third-order valence-corrected chi connectivity index (χ3v) is 4.56. The van der Waals surface area contributed by atoms with Gasteiger partial charge in [0.2, 0.25) is 5.43 Å². The highest BCUT2D eigenvalue weighted by Crippen LogP contribution is 2.23. The van der Waals surface area contributed by atoms with E-state index in [1.165, 1.54) is 18.5 Å². The molecule has 0 spiro atoms. The quantitative estimate of drug-likeness (QED) is 0.365. The summed E-state index contributed by atoms with van der Waals surface area (Å²) in [4.78, 5) is 24.6. The van der Waals surface area contributed by atoms with Gasteiger partial charge in [0.25, 0.3) is 0 Å². The lowest BCUT2D eigenvalue weighted by Crippen LogP contribution is -2.18. The molecule has 0 radical (unpaired) electrons. The van der Waals surface area contributed by atoms with E-state index < -0.39 is 5.91 Å². The van der Waals surface area contributed by atoms with Gasteiger partial charge in [0, 0.05) is 14.9 Å². The minimum Gasteiger partial charge on any atom is -0.463 e. The summed E-state index contributed by atoms with van der Waals surface area (Å²) in [5.74, 6) is -0.427. The lowest BCUT2D eigenvalue weighted by molar-refractivity contribution is 0.0929. The van der Waals surface area contributed by atoms with Crippen molar-refractivity contribution in [3.63, 3.8) is 0 Å². The van der Waals surface area contributed by atoms with Crippen LogP contribution >= 0.6 is 27.5 Å². The molecule has 2 aromatic heterocycles. The van der Waals surface area contributed by atoms with Crippen molar-refractivity contribution in [3.05, 3.63) is 79.8 Å². The molecule has 2 heterocycles. The molecule has 27 heavy (non-hydrogen) atoms. The van der Waals surface area contributed by atoms with Gasteiger partial charge in [0.15, 0.2) is 5.76 Å². The molecule has 134 valence electrons. The second-order valence-corrected chi connectivity index (χ2v) is 7.00. The molecule has 0 atom stereocenters. The summed E-state index contributed by atoms with van der Waals surface area (Å²) in [7, 11) is 0. The Morgan fingerprint density at radius 2 is 1.96 bits per heavy atom. The first kappa shape index (κ1) is 17.5. The molecule has 0 saturated carbocycles. The van der Waals surface area contributed by atoms with E-state index in [2.05, 4.69) is 26.5 Å². The fourth-order valence-corrected chi connectivity index (χ4v) is 3.10. The van der Waals surface area contributed by atoms with Crippen molar-refractivity contribution in [2.75, 3.05) is 0 Å². The Morgan fingerprint density at radius 1 is 1.15 bits per heavy atom. The summed E-state index contributed by atoms with van der Waals surface area (Å²) < 4.78 is 11.7. The lowest BCUT2D eigenvalue weighted by Gasteiger charge is -1.99. The molecule has 1 N–H and O–H groups in total. The average molecular weight is 446 g/mol. The van der Waals surface area contributed by atoms with E-state index in [0.29, 0.717) is 21.6 Å². The van der Waals surface area contributed by atoms with Crippen LogP contribution in [0.1, 0.15) is 16.1 Å². The Hall–Kier alpha value is -2.90. The zero-order valence-electron chi connectivity index (χ0n) is 13.5. The fourth-order valence-electron chi connectivity index (χ4n) is 2.55. The van der Waals surface area contributed by atoms with Gasteiger partial charge < -0.3 is 8.83 Å². The van der Waals surface area contributed by atoms with Crippen LogP contribution in [0.25, 0.3) is 21.9 Å². The molecule has 0 aliphatic carbocycles. The predicted octanol–water partition coefficient (Wildman–Crippen LogP) is 4.72. The number of nitrogens with one attached hydrogen (secondary N) is 1. The van der Waals surface area contributed by atoms with Crippen LogP contribution in [0.4, 0.5) is 0 Å². The standard InChI is InChI=1S/C19H10BrClN2O4/c20-12-1-3-15-10(5-12)6-17(27-15)19(25)23-22-8-11-9-26-16-4-2-13(21)7-14(16)18(11)24/h1-9H,(H,23,25)/b22-8+. The number of amides is 1. The molecule has 0 fully saturated rings. The number of carbonyl (C=O) groups is 1. The second kappa shape index (κ2) is 7.02. The van der Waals surface area contributed by atoms with Crippen molar-refractivity contribution in [1.29, 1.82) is 0 Å². The van der Waals surface area contributed by atoms with E-state index in [-0.39, 0.29) is 16.8 Å². The predicted molar refractivity (Wildman–Crippen MR) is 106 cm³/mol. The van der Waals surface area contributed by atoms with Crippen LogP contribution in [0, 0.1) is 0 Å². The molecule has 0 unspecified atom stereocenters. The van der Waals surface area contributed by atoms with Crippen molar-refractivity contribution < 1.29 is 13.6 Å². The summed E-state index contributed by atoms with van der Waals surface area (Å²) in [6.45, 7) is 0. The van der Waals surface area contributed by atoms with Gasteiger partial charge >= 0.3 is 5.91 Å². The summed E-state index contributed by atoms with van der Waals surface area (Å²) >= 11 is 9.28. The molecular weight excluding hydrogens is 436 g/mol. The van der Waals surface area contributed by atoms with E-state index in [9.17, 15) is 9.59 Å². The van der Waals surface area contributed by atoms with Crippen LogP contribution < -0.4 is 10.9 Å². The van der Waals surface area contributed by atoms with Gasteiger partial charge in [-0.25, -0.2) is 5.43 Å². The average Bonchev–Trinajstić information content (AvgIpc) is 3.07. The molecule has 2 aromatic carbocycles. The molecule has 8 heteroatoms. The second-order valence-electron chi connectivity index (χ2n) is 5.65. The number of fused-ring (bicyclic) bond motifs is 2. The van der Waals surface area contributed by atoms with Gasteiger partial charge in [0.1, 0.15) is 17.4 Å². The van der Waals surface area contributed by atoms with E-state index in [4.69, 9.17) is 20.4 Å². The summed E-state index contributed by atoms with van der Waals surface area (Å²) in [5, 5.41) is 5.35. The normalized spacial score (nSPS) is 11.5. The monoisotopic (exact) mass is 444 g/mol. The highest BCUT2D eigenvalue weighted by Gasteiger charge is 2.12. The Bertz CT molecular complexity index is 1280. The number of nitrogens with zero attached hydrogens (tertiary/aromatic N) is 1. The van der Waals surface area contributed by atoms with E-state index in [1.807, 2.05) is 12.1 Å². The van der Waals surface area contributed by atoms with Gasteiger partial charge in [0.05, 0.1) is 17.2 Å². The lowest BCUT2D eigenvalue weighted by atomic mass is 10.2. The maximum atomic E-state index is 12.4. The van der Waals surface area contributed by atoms with Gasteiger partial charge in [-0.15, -0.1) is 0 Å². The first-order chi connectivity index (χ1) is 13.0. The summed E-state index contributed by atoms with van der Waals surface area (Å²) in [6.07, 6.45) is 2.48. The van der Waals surface area contributed by atoms with Gasteiger partial charge in [-0.2, -0.15) is 5.10 Å². The van der Waals surface area contributed by atoms with Crippen LogP contribution in [-0.2, 0) is 0 Å². The Kier molecular flexibility index (Phi) is 4.55. The third kappa shape index (κ3) is 3.51. The molecule has 0 saturated heterocycles. The SMILES string of the molecule is O=C(N/N=C/c1coc2ccc(Cl)cc2c1=O)c1cc2cc(Br)ccc2o1. The van der Waals surface area contributed by atoms with Crippen LogP contribution in [0.15, 0.2) is 71.9 Å². The van der Waals surface area contributed by atoms with Crippen LogP contribution in [0.3, 0.4) is 0 Å². The number of benzene rings is 2. The minimum atomic E-state index is -0.535. The highest BCUT2D eigenvalue weighted by molar-refractivity contribution is 9.10.